The van der Waals surface area contributed by atoms with Crippen LogP contribution in [0.25, 0.3) is 0 Å². The van der Waals surface area contributed by atoms with Crippen LogP contribution in [-0.2, 0) is 9.53 Å². The van der Waals surface area contributed by atoms with Crippen molar-refractivity contribution in [1.82, 2.24) is 4.90 Å². The van der Waals surface area contributed by atoms with E-state index in [2.05, 4.69) is 4.90 Å². The molecule has 1 N–H and O–H groups in total. The fourth-order valence-corrected chi connectivity index (χ4v) is 2.49. The highest BCUT2D eigenvalue weighted by molar-refractivity contribution is 5.66. The predicted molar refractivity (Wildman–Crippen MR) is 67.1 cm³/mol. The molecule has 1 atom stereocenters. The van der Waals surface area contributed by atoms with Crippen molar-refractivity contribution in [3.8, 4) is 0 Å². The molecule has 1 aliphatic rings. The van der Waals surface area contributed by atoms with Crippen LogP contribution in [0.1, 0.15) is 38.5 Å². The first-order chi connectivity index (χ1) is 8.22. The van der Waals surface area contributed by atoms with Gasteiger partial charge in [-0.05, 0) is 44.7 Å². The Balaban J connectivity index is 2.24. The highest BCUT2D eigenvalue weighted by Gasteiger charge is 2.17. The van der Waals surface area contributed by atoms with Crippen molar-refractivity contribution in [2.75, 3.05) is 33.4 Å². The number of methoxy groups -OCH3 is 1. The van der Waals surface area contributed by atoms with E-state index in [-0.39, 0.29) is 0 Å². The number of hydrogen-bond acceptors (Lipinski definition) is 3. The largest absolute Gasteiger partial charge is 0.481 e. The van der Waals surface area contributed by atoms with Gasteiger partial charge in [-0.3, -0.25) is 4.79 Å². The van der Waals surface area contributed by atoms with Crippen LogP contribution >= 0.6 is 0 Å². The minimum Gasteiger partial charge on any atom is -0.481 e. The molecule has 1 unspecified atom stereocenters. The maximum Gasteiger partial charge on any atom is 0.303 e. The van der Waals surface area contributed by atoms with E-state index in [4.69, 9.17) is 9.84 Å². The van der Waals surface area contributed by atoms with E-state index in [1.807, 2.05) is 0 Å². The van der Waals surface area contributed by atoms with Gasteiger partial charge in [-0.1, -0.05) is 6.42 Å². The molecule has 1 saturated heterocycles. The topological polar surface area (TPSA) is 49.8 Å². The first-order valence-corrected chi connectivity index (χ1v) is 6.65. The number of nitrogens with zero attached hydrogens (tertiary/aromatic N) is 1. The van der Waals surface area contributed by atoms with Crippen LogP contribution in [0.3, 0.4) is 0 Å². The van der Waals surface area contributed by atoms with Gasteiger partial charge in [-0.2, -0.15) is 0 Å². The number of likely N-dealkylation sites (tertiary alicyclic amines) is 1. The van der Waals surface area contributed by atoms with Crippen LogP contribution in [0.5, 0.6) is 0 Å². The molecule has 0 aromatic rings. The van der Waals surface area contributed by atoms with Crippen LogP contribution in [0, 0.1) is 5.92 Å². The summed E-state index contributed by atoms with van der Waals surface area (Å²) in [4.78, 5) is 12.9. The smallest absolute Gasteiger partial charge is 0.303 e. The number of hydrogen-bond donors (Lipinski definition) is 1. The summed E-state index contributed by atoms with van der Waals surface area (Å²) < 4.78 is 5.14. The minimum atomic E-state index is -0.684. The first-order valence-electron chi connectivity index (χ1n) is 6.65. The molecule has 1 fully saturated rings. The van der Waals surface area contributed by atoms with Gasteiger partial charge in [0, 0.05) is 26.7 Å². The third-order valence-corrected chi connectivity index (χ3v) is 3.45. The summed E-state index contributed by atoms with van der Waals surface area (Å²) in [5, 5.41) is 8.63. The fraction of sp³-hybridized carbons (Fsp3) is 0.923. The number of rotatable bonds is 7. The molecule has 0 radical (unpaired) electrons. The Labute approximate surface area is 104 Å². The van der Waals surface area contributed by atoms with Crippen molar-refractivity contribution >= 4 is 5.97 Å². The van der Waals surface area contributed by atoms with E-state index in [9.17, 15) is 4.79 Å². The van der Waals surface area contributed by atoms with Gasteiger partial charge in [-0.25, -0.2) is 0 Å². The number of carbonyl (C=O) groups is 1. The number of carboxylic acid groups (broad SMARTS) is 1. The Kier molecular flexibility index (Phi) is 7.21. The number of carboxylic acids is 1. The van der Waals surface area contributed by atoms with Crippen molar-refractivity contribution in [3.63, 3.8) is 0 Å². The van der Waals surface area contributed by atoms with Gasteiger partial charge in [-0.15, -0.1) is 0 Å². The zero-order valence-corrected chi connectivity index (χ0v) is 10.9. The Bertz CT molecular complexity index is 221. The molecule has 1 aliphatic heterocycles. The van der Waals surface area contributed by atoms with Crippen molar-refractivity contribution < 1.29 is 14.6 Å². The Morgan fingerprint density at radius 2 is 2.29 bits per heavy atom. The summed E-state index contributed by atoms with van der Waals surface area (Å²) in [5.41, 5.74) is 0. The molecule has 0 bridgehead atoms. The molecule has 1 heterocycles. The van der Waals surface area contributed by atoms with Crippen LogP contribution in [-0.4, -0.2) is 49.3 Å². The second-order valence-electron chi connectivity index (χ2n) is 4.94. The molecule has 0 spiro atoms. The number of ether oxygens (including phenoxy) is 1. The van der Waals surface area contributed by atoms with Crippen molar-refractivity contribution in [2.24, 2.45) is 5.92 Å². The summed E-state index contributed by atoms with van der Waals surface area (Å²) in [6.45, 7) is 4.01. The maximum atomic E-state index is 10.5. The molecule has 0 aromatic heterocycles. The van der Waals surface area contributed by atoms with Crippen molar-refractivity contribution in [2.45, 2.75) is 38.5 Å². The lowest BCUT2D eigenvalue weighted by Gasteiger charge is -2.23. The average Bonchev–Trinajstić information content (AvgIpc) is 2.51. The minimum absolute atomic E-state index is 0.291. The average molecular weight is 243 g/mol. The summed E-state index contributed by atoms with van der Waals surface area (Å²) >= 11 is 0. The van der Waals surface area contributed by atoms with E-state index in [0.29, 0.717) is 6.42 Å². The second-order valence-corrected chi connectivity index (χ2v) is 4.94. The SMILES string of the molecule is COCCC1CCCCN(CCCC(=O)O)C1. The van der Waals surface area contributed by atoms with Gasteiger partial charge >= 0.3 is 5.97 Å². The van der Waals surface area contributed by atoms with E-state index in [0.717, 1.165) is 45.0 Å². The molecular formula is C13H25NO3. The monoisotopic (exact) mass is 243 g/mol. The summed E-state index contributed by atoms with van der Waals surface area (Å²) in [6.07, 6.45) is 6.02. The lowest BCUT2D eigenvalue weighted by atomic mass is 10.00. The van der Waals surface area contributed by atoms with Crippen LogP contribution in [0.4, 0.5) is 0 Å². The molecule has 0 aromatic carbocycles. The van der Waals surface area contributed by atoms with E-state index in [1.165, 1.54) is 19.3 Å². The molecular weight excluding hydrogens is 218 g/mol. The molecule has 4 heteroatoms. The van der Waals surface area contributed by atoms with Crippen LogP contribution < -0.4 is 0 Å². The molecule has 0 saturated carbocycles. The van der Waals surface area contributed by atoms with Gasteiger partial charge in [0.15, 0.2) is 0 Å². The van der Waals surface area contributed by atoms with Gasteiger partial charge in [0.25, 0.3) is 0 Å². The van der Waals surface area contributed by atoms with E-state index < -0.39 is 5.97 Å². The predicted octanol–water partition coefficient (Wildman–Crippen LogP) is 1.99. The van der Waals surface area contributed by atoms with E-state index >= 15 is 0 Å². The third kappa shape index (κ3) is 6.64. The summed E-state index contributed by atoms with van der Waals surface area (Å²) in [5.74, 6) is 0.0398. The number of aliphatic carboxylic acids is 1. The Morgan fingerprint density at radius 1 is 1.47 bits per heavy atom. The van der Waals surface area contributed by atoms with Crippen LogP contribution in [0.2, 0.25) is 0 Å². The standard InChI is InChI=1S/C13H25NO3/c1-17-10-7-12-5-2-3-8-14(11-12)9-4-6-13(15)16/h12H,2-11H2,1H3,(H,15,16). The Morgan fingerprint density at radius 3 is 3.00 bits per heavy atom. The Hall–Kier alpha value is -0.610. The summed E-state index contributed by atoms with van der Waals surface area (Å²) in [7, 11) is 1.75. The van der Waals surface area contributed by atoms with E-state index in [1.54, 1.807) is 7.11 Å². The zero-order chi connectivity index (χ0) is 12.5. The molecule has 4 nitrogen and oxygen atoms in total. The maximum absolute atomic E-state index is 10.5. The first kappa shape index (κ1) is 14.5. The molecule has 0 amide bonds. The van der Waals surface area contributed by atoms with Crippen LogP contribution in [0.15, 0.2) is 0 Å². The molecule has 100 valence electrons. The second kappa shape index (κ2) is 8.48. The lowest BCUT2D eigenvalue weighted by molar-refractivity contribution is -0.137. The van der Waals surface area contributed by atoms with Crippen molar-refractivity contribution in [1.29, 1.82) is 0 Å². The molecule has 1 rings (SSSR count). The highest BCUT2D eigenvalue weighted by Crippen LogP contribution is 2.19. The highest BCUT2D eigenvalue weighted by atomic mass is 16.5. The van der Waals surface area contributed by atoms with Gasteiger partial charge in [0.05, 0.1) is 0 Å². The zero-order valence-electron chi connectivity index (χ0n) is 10.9. The molecule has 0 aliphatic carbocycles. The van der Waals surface area contributed by atoms with Crippen molar-refractivity contribution in [3.05, 3.63) is 0 Å². The third-order valence-electron chi connectivity index (χ3n) is 3.45. The lowest BCUT2D eigenvalue weighted by Crippen LogP contribution is -2.30. The van der Waals surface area contributed by atoms with Gasteiger partial charge in [0.2, 0.25) is 0 Å². The normalized spacial score (nSPS) is 22.3. The van der Waals surface area contributed by atoms with Gasteiger partial charge < -0.3 is 14.7 Å². The molecule has 17 heavy (non-hydrogen) atoms. The summed E-state index contributed by atoms with van der Waals surface area (Å²) in [6, 6.07) is 0. The fourth-order valence-electron chi connectivity index (χ4n) is 2.49. The van der Waals surface area contributed by atoms with Gasteiger partial charge in [0.1, 0.15) is 0 Å². The quantitative estimate of drug-likeness (QED) is 0.743.